The van der Waals surface area contributed by atoms with Gasteiger partial charge in [0, 0.05) is 6.04 Å². The first-order chi connectivity index (χ1) is 8.62. The molecule has 1 aromatic heterocycles. The van der Waals surface area contributed by atoms with Crippen LogP contribution in [0.15, 0.2) is 18.2 Å². The summed E-state index contributed by atoms with van der Waals surface area (Å²) in [6.07, 6.45) is 2.10. The highest BCUT2D eigenvalue weighted by Gasteiger charge is 2.17. The van der Waals surface area contributed by atoms with Crippen LogP contribution in [0.5, 0.6) is 0 Å². The summed E-state index contributed by atoms with van der Waals surface area (Å²) < 4.78 is 0. The second kappa shape index (κ2) is 6.96. The molecule has 1 heterocycles. The minimum Gasteiger partial charge on any atom is -0.348 e. The first-order valence-electron chi connectivity index (χ1n) is 6.36. The number of carbonyl (C=O) groups is 1. The molecule has 0 saturated carbocycles. The first-order valence-corrected chi connectivity index (χ1v) is 6.36. The second-order valence-corrected chi connectivity index (χ2v) is 4.39. The third-order valence-corrected chi connectivity index (χ3v) is 3.24. The van der Waals surface area contributed by atoms with E-state index in [4.69, 9.17) is 5.84 Å². The molecule has 1 rings (SSSR count). The molecule has 0 aromatic carbocycles. The smallest absolute Gasteiger partial charge is 0.270 e. The van der Waals surface area contributed by atoms with Crippen LogP contribution in [0.3, 0.4) is 0 Å². The molecule has 100 valence electrons. The number of amides is 1. The van der Waals surface area contributed by atoms with E-state index in [2.05, 4.69) is 29.6 Å². The van der Waals surface area contributed by atoms with Gasteiger partial charge in [0.05, 0.1) is 0 Å². The molecule has 1 atom stereocenters. The average Bonchev–Trinajstić information content (AvgIpc) is 2.40. The normalized spacial score (nSPS) is 12.3. The molecule has 0 aliphatic rings. The van der Waals surface area contributed by atoms with Gasteiger partial charge in [-0.05, 0) is 25.0 Å². The number of rotatable bonds is 6. The second-order valence-electron chi connectivity index (χ2n) is 4.39. The summed E-state index contributed by atoms with van der Waals surface area (Å²) in [5.41, 5.74) is 2.81. The standard InChI is InChI=1S/C13H22N4O/c1-4-10(5-2)9(3)15-13(18)11-7-6-8-12(16-11)17-14/h6-10H,4-5,14H2,1-3H3,(H,15,18)(H,16,17). The van der Waals surface area contributed by atoms with Crippen LogP contribution in [-0.2, 0) is 0 Å². The highest BCUT2D eigenvalue weighted by molar-refractivity contribution is 5.92. The number of nitrogen functional groups attached to an aromatic ring is 1. The molecule has 0 bridgehead atoms. The summed E-state index contributed by atoms with van der Waals surface area (Å²) >= 11 is 0. The Morgan fingerprint density at radius 3 is 2.61 bits per heavy atom. The maximum absolute atomic E-state index is 12.0. The van der Waals surface area contributed by atoms with Crippen molar-refractivity contribution in [1.82, 2.24) is 10.3 Å². The van der Waals surface area contributed by atoms with Crippen molar-refractivity contribution in [1.29, 1.82) is 0 Å². The van der Waals surface area contributed by atoms with Gasteiger partial charge in [0.1, 0.15) is 11.5 Å². The van der Waals surface area contributed by atoms with Crippen molar-refractivity contribution < 1.29 is 4.79 Å². The number of hydrazine groups is 1. The van der Waals surface area contributed by atoms with E-state index < -0.39 is 0 Å². The molecule has 4 N–H and O–H groups in total. The Morgan fingerprint density at radius 1 is 1.39 bits per heavy atom. The number of carbonyl (C=O) groups excluding carboxylic acids is 1. The molecule has 1 unspecified atom stereocenters. The zero-order valence-corrected chi connectivity index (χ0v) is 11.2. The van der Waals surface area contributed by atoms with E-state index in [1.807, 2.05) is 6.92 Å². The van der Waals surface area contributed by atoms with Crippen LogP contribution in [0.4, 0.5) is 5.82 Å². The molecule has 18 heavy (non-hydrogen) atoms. The summed E-state index contributed by atoms with van der Waals surface area (Å²) in [7, 11) is 0. The van der Waals surface area contributed by atoms with E-state index in [0.29, 0.717) is 17.4 Å². The SMILES string of the molecule is CCC(CC)C(C)NC(=O)c1cccc(NN)n1. The molecule has 0 saturated heterocycles. The maximum atomic E-state index is 12.0. The molecule has 0 aliphatic heterocycles. The van der Waals surface area contributed by atoms with Gasteiger partial charge in [0.2, 0.25) is 0 Å². The average molecular weight is 250 g/mol. The highest BCUT2D eigenvalue weighted by Crippen LogP contribution is 2.13. The van der Waals surface area contributed by atoms with Crippen LogP contribution >= 0.6 is 0 Å². The van der Waals surface area contributed by atoms with Crippen molar-refractivity contribution in [2.45, 2.75) is 39.7 Å². The van der Waals surface area contributed by atoms with Crippen molar-refractivity contribution in [2.24, 2.45) is 11.8 Å². The van der Waals surface area contributed by atoms with Crippen LogP contribution in [-0.4, -0.2) is 16.9 Å². The summed E-state index contributed by atoms with van der Waals surface area (Å²) in [6, 6.07) is 5.28. The van der Waals surface area contributed by atoms with E-state index in [0.717, 1.165) is 12.8 Å². The van der Waals surface area contributed by atoms with Crippen molar-refractivity contribution >= 4 is 11.7 Å². The lowest BCUT2D eigenvalue weighted by molar-refractivity contribution is 0.0920. The topological polar surface area (TPSA) is 80.0 Å². The van der Waals surface area contributed by atoms with Gasteiger partial charge in [-0.3, -0.25) is 4.79 Å². The molecular weight excluding hydrogens is 228 g/mol. The minimum absolute atomic E-state index is 0.142. The first kappa shape index (κ1) is 14.4. The van der Waals surface area contributed by atoms with Crippen LogP contribution in [0.25, 0.3) is 0 Å². The quantitative estimate of drug-likeness (QED) is 0.532. The lowest BCUT2D eigenvalue weighted by Crippen LogP contribution is -2.38. The van der Waals surface area contributed by atoms with Gasteiger partial charge in [0.25, 0.3) is 5.91 Å². The third kappa shape index (κ3) is 3.70. The van der Waals surface area contributed by atoms with Gasteiger partial charge in [-0.1, -0.05) is 32.8 Å². The molecular formula is C13H22N4O. The monoisotopic (exact) mass is 250 g/mol. The maximum Gasteiger partial charge on any atom is 0.270 e. The number of nitrogens with one attached hydrogen (secondary N) is 2. The number of anilines is 1. The Hall–Kier alpha value is -1.62. The highest BCUT2D eigenvalue weighted by atomic mass is 16.1. The Morgan fingerprint density at radius 2 is 2.06 bits per heavy atom. The lowest BCUT2D eigenvalue weighted by Gasteiger charge is -2.22. The largest absolute Gasteiger partial charge is 0.348 e. The van der Waals surface area contributed by atoms with Gasteiger partial charge in [-0.25, -0.2) is 10.8 Å². The van der Waals surface area contributed by atoms with Crippen molar-refractivity contribution in [3.8, 4) is 0 Å². The number of nitrogens with zero attached hydrogens (tertiary/aromatic N) is 1. The summed E-state index contributed by atoms with van der Waals surface area (Å²) in [6.45, 7) is 6.29. The molecule has 1 amide bonds. The van der Waals surface area contributed by atoms with E-state index in [-0.39, 0.29) is 11.9 Å². The predicted molar refractivity (Wildman–Crippen MR) is 73.0 cm³/mol. The Bertz CT molecular complexity index is 390. The molecule has 5 nitrogen and oxygen atoms in total. The molecule has 0 spiro atoms. The molecule has 0 radical (unpaired) electrons. The van der Waals surface area contributed by atoms with E-state index in [9.17, 15) is 4.79 Å². The minimum atomic E-state index is -0.161. The summed E-state index contributed by atoms with van der Waals surface area (Å²) in [5, 5.41) is 2.98. The molecule has 1 aromatic rings. The van der Waals surface area contributed by atoms with Crippen LogP contribution < -0.4 is 16.6 Å². The van der Waals surface area contributed by atoms with Crippen molar-refractivity contribution in [3.63, 3.8) is 0 Å². The zero-order valence-electron chi connectivity index (χ0n) is 11.2. The van der Waals surface area contributed by atoms with E-state index in [1.165, 1.54) is 0 Å². The number of hydrogen-bond acceptors (Lipinski definition) is 4. The lowest BCUT2D eigenvalue weighted by atomic mass is 9.95. The molecule has 0 aliphatic carbocycles. The zero-order chi connectivity index (χ0) is 13.5. The number of hydrogen-bond donors (Lipinski definition) is 3. The molecule has 0 fully saturated rings. The van der Waals surface area contributed by atoms with Gasteiger partial charge in [-0.2, -0.15) is 0 Å². The van der Waals surface area contributed by atoms with Gasteiger partial charge >= 0.3 is 0 Å². The number of nitrogens with two attached hydrogens (primary N) is 1. The van der Waals surface area contributed by atoms with Gasteiger partial charge < -0.3 is 10.7 Å². The fourth-order valence-electron chi connectivity index (χ4n) is 2.04. The van der Waals surface area contributed by atoms with E-state index in [1.54, 1.807) is 18.2 Å². The predicted octanol–water partition coefficient (Wildman–Crippen LogP) is 1.92. The van der Waals surface area contributed by atoms with E-state index >= 15 is 0 Å². The van der Waals surface area contributed by atoms with Crippen LogP contribution in [0, 0.1) is 5.92 Å². The summed E-state index contributed by atoms with van der Waals surface area (Å²) in [4.78, 5) is 16.1. The van der Waals surface area contributed by atoms with Crippen molar-refractivity contribution in [3.05, 3.63) is 23.9 Å². The van der Waals surface area contributed by atoms with Crippen LogP contribution in [0.1, 0.15) is 44.1 Å². The van der Waals surface area contributed by atoms with Crippen LogP contribution in [0.2, 0.25) is 0 Å². The summed E-state index contributed by atoms with van der Waals surface area (Å²) in [5.74, 6) is 6.08. The third-order valence-electron chi connectivity index (χ3n) is 3.24. The number of aromatic nitrogens is 1. The fraction of sp³-hybridized carbons (Fsp3) is 0.538. The Kier molecular flexibility index (Phi) is 5.58. The van der Waals surface area contributed by atoms with Gasteiger partial charge in [0.15, 0.2) is 0 Å². The number of pyridine rings is 1. The van der Waals surface area contributed by atoms with Crippen molar-refractivity contribution in [2.75, 3.05) is 5.43 Å². The Labute approximate surface area is 108 Å². The van der Waals surface area contributed by atoms with Gasteiger partial charge in [-0.15, -0.1) is 0 Å². The molecule has 5 heteroatoms. The Balaban J connectivity index is 2.69. The fourth-order valence-corrected chi connectivity index (χ4v) is 2.04.